The third-order valence-corrected chi connectivity index (χ3v) is 5.17. The number of halogens is 5. The van der Waals surface area contributed by atoms with Crippen molar-refractivity contribution in [3.63, 3.8) is 0 Å². The maximum atomic E-state index is 12.8. The van der Waals surface area contributed by atoms with E-state index in [0.29, 0.717) is 23.7 Å². The first-order valence-corrected chi connectivity index (χ1v) is 8.86. The molecular weight excluding hydrogens is 422 g/mol. The Labute approximate surface area is 172 Å². The largest absolute Gasteiger partial charge is 0.416 e. The van der Waals surface area contributed by atoms with E-state index in [1.165, 1.54) is 17.4 Å². The monoisotopic (exact) mass is 441 g/mol. The highest BCUT2D eigenvalue weighted by Crippen LogP contribution is 2.33. The lowest BCUT2D eigenvalue weighted by Crippen LogP contribution is -2.47. The first kappa shape index (κ1) is 23.7. The molecule has 3 rings (SSSR count). The van der Waals surface area contributed by atoms with Crippen LogP contribution in [0.1, 0.15) is 28.9 Å². The van der Waals surface area contributed by atoms with E-state index in [1.807, 2.05) is 7.05 Å². The number of benzene rings is 1. The van der Waals surface area contributed by atoms with Gasteiger partial charge in [0, 0.05) is 30.1 Å². The van der Waals surface area contributed by atoms with Crippen molar-refractivity contribution in [1.82, 2.24) is 15.2 Å². The van der Waals surface area contributed by atoms with Crippen LogP contribution in [0.25, 0.3) is 10.6 Å². The van der Waals surface area contributed by atoms with Crippen LogP contribution in [0.3, 0.4) is 0 Å². The summed E-state index contributed by atoms with van der Waals surface area (Å²) in [6, 6.07) is 5.27. The second-order valence-electron chi connectivity index (χ2n) is 6.00. The first-order chi connectivity index (χ1) is 11.9. The van der Waals surface area contributed by atoms with Gasteiger partial charge < -0.3 is 10.2 Å². The second kappa shape index (κ2) is 9.73. The van der Waals surface area contributed by atoms with Gasteiger partial charge in [-0.3, -0.25) is 4.79 Å². The average molecular weight is 442 g/mol. The molecule has 0 aliphatic carbocycles. The zero-order valence-corrected chi connectivity index (χ0v) is 16.9. The Hall–Kier alpha value is -1.35. The fourth-order valence-corrected chi connectivity index (χ4v) is 3.68. The minimum absolute atomic E-state index is 0. The minimum Gasteiger partial charge on any atom is -0.336 e. The Morgan fingerprint density at radius 3 is 2.74 bits per heavy atom. The van der Waals surface area contributed by atoms with E-state index in [0.717, 1.165) is 25.0 Å². The van der Waals surface area contributed by atoms with Crippen LogP contribution in [-0.2, 0) is 6.18 Å². The summed E-state index contributed by atoms with van der Waals surface area (Å²) in [5.74, 6) is -0.172. The molecule has 2 heterocycles. The summed E-state index contributed by atoms with van der Waals surface area (Å²) in [7, 11) is 1.87. The lowest BCUT2D eigenvalue weighted by Gasteiger charge is -2.32. The topological polar surface area (TPSA) is 45.2 Å². The van der Waals surface area contributed by atoms with Gasteiger partial charge in [0.25, 0.3) is 5.91 Å². The average Bonchev–Trinajstić information content (AvgIpc) is 3.10. The maximum Gasteiger partial charge on any atom is 0.416 e. The van der Waals surface area contributed by atoms with E-state index in [1.54, 1.807) is 16.3 Å². The number of thiazole rings is 1. The van der Waals surface area contributed by atoms with E-state index < -0.39 is 11.7 Å². The molecule has 1 aliphatic heterocycles. The first-order valence-electron chi connectivity index (χ1n) is 7.98. The summed E-state index contributed by atoms with van der Waals surface area (Å²) in [4.78, 5) is 18.6. The molecule has 10 heteroatoms. The van der Waals surface area contributed by atoms with E-state index in [9.17, 15) is 18.0 Å². The van der Waals surface area contributed by atoms with Crippen LogP contribution in [-0.4, -0.2) is 42.0 Å². The van der Waals surface area contributed by atoms with Crippen LogP contribution >= 0.6 is 36.2 Å². The van der Waals surface area contributed by atoms with Crippen LogP contribution < -0.4 is 5.32 Å². The van der Waals surface area contributed by atoms with E-state index in [4.69, 9.17) is 0 Å². The molecule has 1 saturated heterocycles. The number of likely N-dealkylation sites (tertiary alicyclic amines) is 1. The smallest absolute Gasteiger partial charge is 0.336 e. The Kier molecular flexibility index (Phi) is 8.53. The molecule has 4 nitrogen and oxygen atoms in total. The predicted molar refractivity (Wildman–Crippen MR) is 105 cm³/mol. The molecular formula is C17H20Cl2F3N3OS. The van der Waals surface area contributed by atoms with E-state index in [2.05, 4.69) is 10.3 Å². The number of likely N-dealkylation sites (N-methyl/N-ethyl adjacent to an activating group) is 1. The van der Waals surface area contributed by atoms with Crippen molar-refractivity contribution in [2.45, 2.75) is 25.1 Å². The molecule has 1 unspecified atom stereocenters. The van der Waals surface area contributed by atoms with Gasteiger partial charge in [-0.2, -0.15) is 13.2 Å². The van der Waals surface area contributed by atoms with Gasteiger partial charge in [0.1, 0.15) is 10.7 Å². The number of hydrogen-bond acceptors (Lipinski definition) is 4. The van der Waals surface area contributed by atoms with Crippen LogP contribution in [0.2, 0.25) is 0 Å². The van der Waals surface area contributed by atoms with Crippen molar-refractivity contribution < 1.29 is 18.0 Å². The number of alkyl halides is 3. The number of rotatable bonds is 3. The molecule has 0 saturated carbocycles. The number of carbonyl (C=O) groups is 1. The molecule has 2 aromatic rings. The number of aromatic nitrogens is 1. The third-order valence-electron chi connectivity index (χ3n) is 4.28. The summed E-state index contributed by atoms with van der Waals surface area (Å²) in [5, 5.41) is 5.20. The highest BCUT2D eigenvalue weighted by molar-refractivity contribution is 7.13. The molecule has 1 N–H and O–H groups in total. The van der Waals surface area contributed by atoms with Gasteiger partial charge in [0.15, 0.2) is 0 Å². The third kappa shape index (κ3) is 5.57. The van der Waals surface area contributed by atoms with Crippen molar-refractivity contribution in [1.29, 1.82) is 0 Å². The van der Waals surface area contributed by atoms with Crippen molar-refractivity contribution >= 4 is 42.1 Å². The van der Waals surface area contributed by atoms with Crippen LogP contribution in [0.4, 0.5) is 13.2 Å². The lowest BCUT2D eigenvalue weighted by atomic mass is 10.1. The van der Waals surface area contributed by atoms with Crippen molar-refractivity contribution in [2.75, 3.05) is 20.1 Å². The minimum atomic E-state index is -4.40. The van der Waals surface area contributed by atoms with Gasteiger partial charge in [-0.15, -0.1) is 36.2 Å². The highest BCUT2D eigenvalue weighted by Gasteiger charge is 2.31. The van der Waals surface area contributed by atoms with Crippen molar-refractivity contribution in [3.8, 4) is 10.6 Å². The van der Waals surface area contributed by atoms with Crippen LogP contribution in [0.15, 0.2) is 29.6 Å². The van der Waals surface area contributed by atoms with Gasteiger partial charge in [-0.05, 0) is 32.0 Å². The molecule has 1 atom stereocenters. The normalized spacial score (nSPS) is 17.0. The Morgan fingerprint density at radius 1 is 1.33 bits per heavy atom. The van der Waals surface area contributed by atoms with Crippen molar-refractivity contribution in [3.05, 3.63) is 40.9 Å². The summed E-state index contributed by atoms with van der Waals surface area (Å²) < 4.78 is 38.5. The molecule has 1 aromatic carbocycles. The van der Waals surface area contributed by atoms with Gasteiger partial charge in [-0.1, -0.05) is 12.1 Å². The van der Waals surface area contributed by atoms with Gasteiger partial charge in [0.05, 0.1) is 5.56 Å². The number of nitrogens with one attached hydrogen (secondary N) is 1. The van der Waals surface area contributed by atoms with Gasteiger partial charge in [-0.25, -0.2) is 4.98 Å². The summed E-state index contributed by atoms with van der Waals surface area (Å²) in [6.45, 7) is 1.29. The van der Waals surface area contributed by atoms with Gasteiger partial charge >= 0.3 is 6.18 Å². The molecule has 27 heavy (non-hydrogen) atoms. The molecule has 1 aromatic heterocycles. The molecule has 1 amide bonds. The Morgan fingerprint density at radius 2 is 2.07 bits per heavy atom. The predicted octanol–water partition coefficient (Wildman–Crippen LogP) is 4.50. The number of amides is 1. The zero-order valence-electron chi connectivity index (χ0n) is 14.5. The number of nitrogens with zero attached hydrogens (tertiary/aromatic N) is 2. The molecule has 0 radical (unpaired) electrons. The highest BCUT2D eigenvalue weighted by atomic mass is 35.5. The molecule has 1 fully saturated rings. The maximum absolute atomic E-state index is 12.8. The van der Waals surface area contributed by atoms with Crippen LogP contribution in [0, 0.1) is 0 Å². The van der Waals surface area contributed by atoms with E-state index >= 15 is 0 Å². The molecule has 0 bridgehead atoms. The fraction of sp³-hybridized carbons (Fsp3) is 0.412. The zero-order chi connectivity index (χ0) is 18.0. The van der Waals surface area contributed by atoms with Gasteiger partial charge in [0.2, 0.25) is 0 Å². The lowest BCUT2D eigenvalue weighted by molar-refractivity contribution is -0.137. The SMILES string of the molecule is CNC1CCCN(C(=O)c2csc(-c3cccc(C(F)(F)F)c3)n2)C1.Cl.Cl. The van der Waals surface area contributed by atoms with Crippen molar-refractivity contribution in [2.24, 2.45) is 0 Å². The second-order valence-corrected chi connectivity index (χ2v) is 6.85. The Bertz CT molecular complexity index is 770. The number of piperidine rings is 1. The quantitative estimate of drug-likeness (QED) is 0.762. The van der Waals surface area contributed by atoms with E-state index in [-0.39, 0.29) is 42.5 Å². The summed E-state index contributed by atoms with van der Waals surface area (Å²) >= 11 is 1.18. The number of hydrogen-bond donors (Lipinski definition) is 1. The van der Waals surface area contributed by atoms with Crippen LogP contribution in [0.5, 0.6) is 0 Å². The summed E-state index contributed by atoms with van der Waals surface area (Å²) in [6.07, 6.45) is -2.46. The standard InChI is InChI=1S/C17H18F3N3OS.2ClH/c1-21-13-6-3-7-23(9-13)16(24)14-10-25-15(22-14)11-4-2-5-12(8-11)17(18,19)20;;/h2,4-5,8,10,13,21H,3,6-7,9H2,1H3;2*1H. The number of carbonyl (C=O) groups excluding carboxylic acids is 1. The Balaban J connectivity index is 0.00000182. The fourth-order valence-electron chi connectivity index (χ4n) is 2.89. The molecule has 0 spiro atoms. The summed E-state index contributed by atoms with van der Waals surface area (Å²) in [5.41, 5.74) is -0.0687. The molecule has 150 valence electrons. The molecule has 1 aliphatic rings.